The second-order valence-corrected chi connectivity index (χ2v) is 4.45. The number of benzene rings is 2. The number of hydrogen-bond acceptors (Lipinski definition) is 2. The number of hydrogen-bond donors (Lipinski definition) is 0. The Balaban J connectivity index is 2.09. The third kappa shape index (κ3) is 1.26. The summed E-state index contributed by atoms with van der Waals surface area (Å²) in [5.74, 6) is 0. The van der Waals surface area contributed by atoms with E-state index in [-0.39, 0.29) is 6.04 Å². The molecule has 0 spiro atoms. The van der Waals surface area contributed by atoms with E-state index in [9.17, 15) is 0 Å². The van der Waals surface area contributed by atoms with Crippen molar-refractivity contribution in [3.8, 4) is 0 Å². The van der Waals surface area contributed by atoms with E-state index in [1.807, 2.05) is 30.5 Å². The fraction of sp³-hybridized carbons (Fsp3) is 0.0625. The highest BCUT2D eigenvalue weighted by molar-refractivity contribution is 6.06. The highest BCUT2D eigenvalue weighted by Gasteiger charge is 2.16. The van der Waals surface area contributed by atoms with Gasteiger partial charge in [-0.2, -0.15) is 0 Å². The molecule has 1 aliphatic heterocycles. The summed E-state index contributed by atoms with van der Waals surface area (Å²) in [6, 6.07) is 14.5. The maximum Gasteiger partial charge on any atom is 0.141 e. The van der Waals surface area contributed by atoms with E-state index < -0.39 is 0 Å². The van der Waals surface area contributed by atoms with Gasteiger partial charge in [-0.05, 0) is 12.1 Å². The summed E-state index contributed by atoms with van der Waals surface area (Å²) in [6.07, 6.45) is 5.90. The molecule has 3 aromatic rings. The van der Waals surface area contributed by atoms with Gasteiger partial charge in [0.2, 0.25) is 0 Å². The second-order valence-electron chi connectivity index (χ2n) is 4.45. The molecule has 1 aromatic heterocycles. The molecule has 0 bridgehead atoms. The molecule has 1 unspecified atom stereocenters. The smallest absolute Gasteiger partial charge is 0.141 e. The van der Waals surface area contributed by atoms with Gasteiger partial charge in [0.25, 0.3) is 0 Å². The summed E-state index contributed by atoms with van der Waals surface area (Å²) in [4.78, 5) is 4.43. The predicted octanol–water partition coefficient (Wildman–Crippen LogP) is 4.27. The molecule has 0 fully saturated rings. The van der Waals surface area contributed by atoms with E-state index in [1.165, 1.54) is 10.8 Å². The number of rotatable bonds is 1. The molecule has 2 nitrogen and oxygen atoms in total. The Labute approximate surface area is 104 Å². The first kappa shape index (κ1) is 9.66. The lowest BCUT2D eigenvalue weighted by Gasteiger charge is -2.05. The molecule has 2 heteroatoms. The van der Waals surface area contributed by atoms with Crippen LogP contribution in [0.4, 0.5) is 0 Å². The van der Waals surface area contributed by atoms with Crippen molar-refractivity contribution in [1.82, 2.24) is 0 Å². The summed E-state index contributed by atoms with van der Waals surface area (Å²) in [5.41, 5.74) is 3.02. The summed E-state index contributed by atoms with van der Waals surface area (Å²) < 4.78 is 5.99. The van der Waals surface area contributed by atoms with E-state index in [0.29, 0.717) is 0 Å². The van der Waals surface area contributed by atoms with E-state index in [0.717, 1.165) is 16.7 Å². The van der Waals surface area contributed by atoms with Crippen LogP contribution in [0, 0.1) is 0 Å². The molecule has 0 amide bonds. The van der Waals surface area contributed by atoms with Crippen LogP contribution in [0.3, 0.4) is 0 Å². The highest BCUT2D eigenvalue weighted by Crippen LogP contribution is 2.35. The summed E-state index contributed by atoms with van der Waals surface area (Å²) in [6.45, 7) is 0. The molecule has 0 saturated carbocycles. The van der Waals surface area contributed by atoms with Crippen LogP contribution in [-0.4, -0.2) is 6.21 Å². The molecule has 0 saturated heterocycles. The first-order chi connectivity index (χ1) is 8.93. The molecule has 1 aliphatic rings. The lowest BCUT2D eigenvalue weighted by molar-refractivity contribution is 0.659. The van der Waals surface area contributed by atoms with Gasteiger partial charge in [-0.25, -0.2) is 0 Å². The maximum atomic E-state index is 5.99. The third-order valence-corrected chi connectivity index (χ3v) is 3.38. The molecule has 0 N–H and O–H groups in total. The van der Waals surface area contributed by atoms with Crippen LogP contribution in [0.2, 0.25) is 0 Å². The van der Waals surface area contributed by atoms with Crippen molar-refractivity contribution in [2.24, 2.45) is 4.99 Å². The van der Waals surface area contributed by atoms with Crippen LogP contribution >= 0.6 is 0 Å². The molecule has 86 valence electrons. The van der Waals surface area contributed by atoms with Crippen LogP contribution < -0.4 is 0 Å². The lowest BCUT2D eigenvalue weighted by Crippen LogP contribution is -1.88. The zero-order valence-corrected chi connectivity index (χ0v) is 9.71. The Hall–Kier alpha value is -2.35. The SMILES string of the molecule is C1=CC(c2cccc3c2oc2ccccc23)N=C1. The Morgan fingerprint density at radius 1 is 0.944 bits per heavy atom. The maximum absolute atomic E-state index is 5.99. The number of allylic oxidation sites excluding steroid dienone is 1. The standard InChI is InChI=1S/C16H11NO/c1-2-9-15-11(5-1)12-6-3-7-13(16(12)18-15)14-8-4-10-17-14/h1-10,14H. The number of para-hydroxylation sites is 2. The summed E-state index contributed by atoms with van der Waals surface area (Å²) in [7, 11) is 0. The normalized spacial score (nSPS) is 18.1. The van der Waals surface area contributed by atoms with Crippen molar-refractivity contribution >= 4 is 28.2 Å². The van der Waals surface area contributed by atoms with Crippen molar-refractivity contribution in [2.75, 3.05) is 0 Å². The van der Waals surface area contributed by atoms with Gasteiger partial charge in [0.05, 0.1) is 6.04 Å². The zero-order chi connectivity index (χ0) is 11.9. The Morgan fingerprint density at radius 3 is 2.72 bits per heavy atom. The van der Waals surface area contributed by atoms with Crippen LogP contribution in [0.25, 0.3) is 21.9 Å². The molecular weight excluding hydrogens is 222 g/mol. The number of fused-ring (bicyclic) bond motifs is 3. The summed E-state index contributed by atoms with van der Waals surface area (Å²) >= 11 is 0. The minimum absolute atomic E-state index is 0.0919. The first-order valence-electron chi connectivity index (χ1n) is 6.03. The van der Waals surface area contributed by atoms with Gasteiger partial charge < -0.3 is 4.42 Å². The molecule has 0 aliphatic carbocycles. The number of furan rings is 1. The van der Waals surface area contributed by atoms with Crippen molar-refractivity contribution in [2.45, 2.75) is 6.04 Å². The van der Waals surface area contributed by atoms with Gasteiger partial charge in [-0.15, -0.1) is 0 Å². The van der Waals surface area contributed by atoms with Crippen molar-refractivity contribution in [3.63, 3.8) is 0 Å². The van der Waals surface area contributed by atoms with Gasteiger partial charge in [0.15, 0.2) is 0 Å². The molecule has 2 aromatic carbocycles. The molecule has 4 rings (SSSR count). The Morgan fingerprint density at radius 2 is 1.83 bits per heavy atom. The van der Waals surface area contributed by atoms with Gasteiger partial charge >= 0.3 is 0 Å². The summed E-state index contributed by atoms with van der Waals surface area (Å²) in [5, 5.41) is 2.33. The van der Waals surface area contributed by atoms with Crippen molar-refractivity contribution in [1.29, 1.82) is 0 Å². The van der Waals surface area contributed by atoms with Crippen molar-refractivity contribution in [3.05, 3.63) is 60.2 Å². The lowest BCUT2D eigenvalue weighted by atomic mass is 10.0. The largest absolute Gasteiger partial charge is 0.456 e. The van der Waals surface area contributed by atoms with Gasteiger partial charge in [0.1, 0.15) is 11.2 Å². The van der Waals surface area contributed by atoms with Gasteiger partial charge in [-0.1, -0.05) is 42.5 Å². The fourth-order valence-electron chi connectivity index (χ4n) is 2.53. The van der Waals surface area contributed by atoms with E-state index in [1.54, 1.807) is 0 Å². The van der Waals surface area contributed by atoms with E-state index >= 15 is 0 Å². The quantitative estimate of drug-likeness (QED) is 0.616. The molecule has 2 heterocycles. The van der Waals surface area contributed by atoms with E-state index in [2.05, 4.69) is 35.3 Å². The third-order valence-electron chi connectivity index (χ3n) is 3.38. The topological polar surface area (TPSA) is 25.5 Å². The Bertz CT molecular complexity index is 783. The fourth-order valence-corrected chi connectivity index (χ4v) is 2.53. The molecule has 1 atom stereocenters. The monoisotopic (exact) mass is 233 g/mol. The minimum Gasteiger partial charge on any atom is -0.456 e. The highest BCUT2D eigenvalue weighted by atomic mass is 16.3. The van der Waals surface area contributed by atoms with Gasteiger partial charge in [-0.3, -0.25) is 4.99 Å². The van der Waals surface area contributed by atoms with Crippen LogP contribution in [0.5, 0.6) is 0 Å². The van der Waals surface area contributed by atoms with Crippen LogP contribution in [0.15, 0.2) is 64.0 Å². The van der Waals surface area contributed by atoms with Gasteiger partial charge in [0, 0.05) is 22.6 Å². The second kappa shape index (κ2) is 3.57. The van der Waals surface area contributed by atoms with Crippen molar-refractivity contribution < 1.29 is 4.42 Å². The average molecular weight is 233 g/mol. The van der Waals surface area contributed by atoms with E-state index in [4.69, 9.17) is 4.42 Å². The first-order valence-corrected chi connectivity index (χ1v) is 6.03. The van der Waals surface area contributed by atoms with Crippen LogP contribution in [0.1, 0.15) is 11.6 Å². The molecule has 0 radical (unpaired) electrons. The number of aliphatic imine (C=N–C) groups is 1. The number of nitrogens with zero attached hydrogens (tertiary/aromatic N) is 1. The van der Waals surface area contributed by atoms with Crippen LogP contribution in [-0.2, 0) is 0 Å². The zero-order valence-electron chi connectivity index (χ0n) is 9.71. The average Bonchev–Trinajstić information content (AvgIpc) is 3.05. The Kier molecular flexibility index (Phi) is 1.92. The molecular formula is C16H11NO. The molecule has 18 heavy (non-hydrogen) atoms. The minimum atomic E-state index is 0.0919. The predicted molar refractivity (Wildman–Crippen MR) is 74.1 cm³/mol.